The van der Waals surface area contributed by atoms with Crippen molar-refractivity contribution in [3.05, 3.63) is 89.6 Å². The number of ether oxygens (including phenoxy) is 1. The lowest BCUT2D eigenvalue weighted by atomic mass is 10.1. The van der Waals surface area contributed by atoms with E-state index in [2.05, 4.69) is 10.6 Å². The average Bonchev–Trinajstić information content (AvgIpc) is 3.25. The number of benzene rings is 2. The molecule has 0 radical (unpaired) electrons. The number of amides is 1. The van der Waals surface area contributed by atoms with Crippen molar-refractivity contribution < 1.29 is 24.2 Å². The summed E-state index contributed by atoms with van der Waals surface area (Å²) in [5, 5.41) is 15.4. The minimum atomic E-state index is -1.12. The van der Waals surface area contributed by atoms with Gasteiger partial charge in [0.25, 0.3) is 5.91 Å². The number of aliphatic carboxylic acids is 1. The molecule has 9 nitrogen and oxygen atoms in total. The number of carboxylic acid groups (broad SMARTS) is 1. The average molecular weight is 501 g/mol. The van der Waals surface area contributed by atoms with Crippen molar-refractivity contribution in [2.24, 2.45) is 0 Å². The van der Waals surface area contributed by atoms with Crippen molar-refractivity contribution in [1.82, 2.24) is 14.7 Å². The van der Waals surface area contributed by atoms with Crippen molar-refractivity contribution in [2.45, 2.75) is 26.3 Å². The van der Waals surface area contributed by atoms with Crippen LogP contribution in [0.4, 0.5) is 5.82 Å². The smallest absolute Gasteiger partial charge is 0.326 e. The molecule has 0 spiro atoms. The van der Waals surface area contributed by atoms with E-state index in [1.165, 1.54) is 0 Å². The Hall–Kier alpha value is -4.66. The molecule has 0 saturated carbocycles. The Kier molecular flexibility index (Phi) is 7.83. The molecule has 9 heteroatoms. The van der Waals surface area contributed by atoms with Gasteiger partial charge in [0.1, 0.15) is 29.7 Å². The lowest BCUT2D eigenvalue weighted by Crippen LogP contribution is -2.42. The summed E-state index contributed by atoms with van der Waals surface area (Å²) in [6, 6.07) is 18.9. The number of anilines is 1. The second-order valence-electron chi connectivity index (χ2n) is 8.48. The van der Waals surface area contributed by atoms with Gasteiger partial charge in [-0.05, 0) is 37.1 Å². The molecule has 3 N–H and O–H groups in total. The molecule has 4 aromatic rings. The predicted molar refractivity (Wildman–Crippen MR) is 140 cm³/mol. The summed E-state index contributed by atoms with van der Waals surface area (Å²) in [7, 11) is 0. The van der Waals surface area contributed by atoms with Crippen molar-refractivity contribution in [3.8, 4) is 11.3 Å². The van der Waals surface area contributed by atoms with E-state index in [0.29, 0.717) is 17.2 Å². The Balaban J connectivity index is 1.65. The molecule has 0 aliphatic rings. The van der Waals surface area contributed by atoms with Crippen LogP contribution in [0.25, 0.3) is 16.9 Å². The number of carbonyl (C=O) groups excluding carboxylic acids is 2. The second-order valence-corrected chi connectivity index (χ2v) is 8.48. The van der Waals surface area contributed by atoms with Gasteiger partial charge in [-0.2, -0.15) is 0 Å². The van der Waals surface area contributed by atoms with Crippen molar-refractivity contribution >= 4 is 29.3 Å². The summed E-state index contributed by atoms with van der Waals surface area (Å²) in [5.74, 6) is -1.46. The number of aryl methyl sites for hydroxylation is 1. The Morgan fingerprint density at radius 2 is 1.78 bits per heavy atom. The van der Waals surface area contributed by atoms with Gasteiger partial charge in [-0.25, -0.2) is 9.78 Å². The third-order valence-electron chi connectivity index (χ3n) is 5.88. The fourth-order valence-corrected chi connectivity index (χ4v) is 4.04. The summed E-state index contributed by atoms with van der Waals surface area (Å²) >= 11 is 0. The van der Waals surface area contributed by atoms with Crippen LogP contribution in [0.2, 0.25) is 0 Å². The number of imidazole rings is 1. The number of nitrogens with one attached hydrogen (secondary N) is 2. The Bertz CT molecular complexity index is 1430. The highest BCUT2D eigenvalue weighted by atomic mass is 16.5. The highest BCUT2D eigenvalue weighted by molar-refractivity contribution is 5.97. The second kappa shape index (κ2) is 11.4. The number of esters is 1. The Labute approximate surface area is 214 Å². The third-order valence-corrected chi connectivity index (χ3v) is 5.88. The molecule has 1 atom stereocenters. The maximum absolute atomic E-state index is 13.0. The van der Waals surface area contributed by atoms with Crippen molar-refractivity contribution in [2.75, 3.05) is 18.5 Å². The molecule has 37 heavy (non-hydrogen) atoms. The van der Waals surface area contributed by atoms with Gasteiger partial charge in [-0.1, -0.05) is 54.6 Å². The van der Waals surface area contributed by atoms with Gasteiger partial charge in [0.15, 0.2) is 0 Å². The standard InChI is InChI=1S/C28H28N4O5/c1-3-37-24(33)17-29-26-25(21-12-8-7-9-18(21)2)31-23-16-20(13-14-32(23)26)27(34)30-22(28(35)36)15-19-10-5-4-6-11-19/h4-14,16,22,29H,3,15,17H2,1-2H3,(H,30,34)(H,35,36). The number of carboxylic acids is 1. The summed E-state index contributed by atoms with van der Waals surface area (Å²) in [6.07, 6.45) is 1.83. The van der Waals surface area contributed by atoms with Gasteiger partial charge in [0.2, 0.25) is 0 Å². The first-order valence-electron chi connectivity index (χ1n) is 11.9. The zero-order valence-electron chi connectivity index (χ0n) is 20.6. The van der Waals surface area contributed by atoms with E-state index in [0.717, 1.165) is 16.7 Å². The third kappa shape index (κ3) is 5.95. The molecule has 0 aliphatic heterocycles. The Morgan fingerprint density at radius 3 is 2.49 bits per heavy atom. The van der Waals surface area contributed by atoms with E-state index in [1.54, 1.807) is 29.7 Å². The number of nitrogens with zero attached hydrogens (tertiary/aromatic N) is 2. The number of hydrogen-bond acceptors (Lipinski definition) is 6. The van der Waals surface area contributed by atoms with Gasteiger partial charge < -0.3 is 20.5 Å². The quantitative estimate of drug-likeness (QED) is 0.284. The minimum absolute atomic E-state index is 0.0530. The zero-order valence-corrected chi connectivity index (χ0v) is 20.6. The summed E-state index contributed by atoms with van der Waals surface area (Å²) < 4.78 is 6.79. The molecule has 190 valence electrons. The van der Waals surface area contributed by atoms with E-state index in [4.69, 9.17) is 9.72 Å². The molecule has 0 saturated heterocycles. The SMILES string of the molecule is CCOC(=O)CNc1c(-c2ccccc2C)nc2cc(C(=O)NC(Cc3ccccc3)C(=O)O)ccn12. The van der Waals surface area contributed by atoms with Gasteiger partial charge in [0, 0.05) is 23.7 Å². The van der Waals surface area contributed by atoms with Crippen LogP contribution in [0.15, 0.2) is 72.9 Å². The van der Waals surface area contributed by atoms with Gasteiger partial charge in [-0.3, -0.25) is 14.0 Å². The monoisotopic (exact) mass is 500 g/mol. The largest absolute Gasteiger partial charge is 0.480 e. The molecular formula is C28H28N4O5. The molecule has 1 unspecified atom stereocenters. The van der Waals surface area contributed by atoms with Crippen LogP contribution in [0.1, 0.15) is 28.4 Å². The molecule has 1 amide bonds. The van der Waals surface area contributed by atoms with Gasteiger partial charge in [-0.15, -0.1) is 0 Å². The molecule has 2 heterocycles. The highest BCUT2D eigenvalue weighted by Crippen LogP contribution is 2.31. The molecule has 0 aliphatic carbocycles. The number of hydrogen-bond donors (Lipinski definition) is 3. The fourth-order valence-electron chi connectivity index (χ4n) is 4.04. The van der Waals surface area contributed by atoms with E-state index < -0.39 is 23.9 Å². The first-order valence-corrected chi connectivity index (χ1v) is 11.9. The van der Waals surface area contributed by atoms with Crippen LogP contribution < -0.4 is 10.6 Å². The van der Waals surface area contributed by atoms with Crippen LogP contribution in [0, 0.1) is 6.92 Å². The van der Waals surface area contributed by atoms with Crippen LogP contribution in [0.3, 0.4) is 0 Å². The number of carbonyl (C=O) groups is 3. The van der Waals surface area contributed by atoms with E-state index in [9.17, 15) is 19.5 Å². The number of fused-ring (bicyclic) bond motifs is 1. The van der Waals surface area contributed by atoms with Gasteiger partial charge >= 0.3 is 11.9 Å². The highest BCUT2D eigenvalue weighted by Gasteiger charge is 2.23. The topological polar surface area (TPSA) is 122 Å². The number of aromatic nitrogens is 2. The van der Waals surface area contributed by atoms with Crippen molar-refractivity contribution in [3.63, 3.8) is 0 Å². The fraction of sp³-hybridized carbons (Fsp3) is 0.214. The van der Waals surface area contributed by atoms with Crippen LogP contribution in [-0.2, 0) is 20.7 Å². The number of pyridine rings is 1. The zero-order chi connectivity index (χ0) is 26.4. The molecule has 0 bridgehead atoms. The molecule has 2 aromatic carbocycles. The normalized spacial score (nSPS) is 11.6. The van der Waals surface area contributed by atoms with E-state index in [1.807, 2.05) is 61.5 Å². The van der Waals surface area contributed by atoms with E-state index in [-0.39, 0.29) is 25.1 Å². The van der Waals surface area contributed by atoms with Crippen LogP contribution in [-0.4, -0.2) is 51.5 Å². The minimum Gasteiger partial charge on any atom is -0.480 e. The molecular weight excluding hydrogens is 472 g/mol. The first kappa shape index (κ1) is 25.4. The summed E-state index contributed by atoms with van der Waals surface area (Å²) in [6.45, 7) is 3.93. The summed E-state index contributed by atoms with van der Waals surface area (Å²) in [4.78, 5) is 41.6. The maximum Gasteiger partial charge on any atom is 0.326 e. The van der Waals surface area contributed by atoms with E-state index >= 15 is 0 Å². The molecule has 4 rings (SSSR count). The lowest BCUT2D eigenvalue weighted by Gasteiger charge is -2.15. The van der Waals surface area contributed by atoms with Crippen LogP contribution >= 0.6 is 0 Å². The maximum atomic E-state index is 13.0. The predicted octanol–water partition coefficient (Wildman–Crippen LogP) is 3.71. The van der Waals surface area contributed by atoms with Crippen LogP contribution in [0.5, 0.6) is 0 Å². The summed E-state index contributed by atoms with van der Waals surface area (Å²) in [5.41, 5.74) is 4.02. The van der Waals surface area contributed by atoms with Gasteiger partial charge in [0.05, 0.1) is 6.61 Å². The Morgan fingerprint density at radius 1 is 1.05 bits per heavy atom. The first-order chi connectivity index (χ1) is 17.9. The number of rotatable bonds is 10. The van der Waals surface area contributed by atoms with Crippen molar-refractivity contribution in [1.29, 1.82) is 0 Å². The molecule has 0 fully saturated rings. The molecule has 2 aromatic heterocycles. The lowest BCUT2D eigenvalue weighted by molar-refractivity contribution is -0.141.